The fraction of sp³-hybridized carbons (Fsp3) is 0.400. The molecular weight excluding hydrogens is 230 g/mol. The first kappa shape index (κ1) is 13.0. The summed E-state index contributed by atoms with van der Waals surface area (Å²) in [6, 6.07) is 3.33. The fourth-order valence-corrected chi connectivity index (χ4v) is 2.87. The lowest BCUT2D eigenvalue weighted by molar-refractivity contribution is 0.153. The van der Waals surface area contributed by atoms with Crippen LogP contribution in [0, 0.1) is 13.8 Å². The van der Waals surface area contributed by atoms with Gasteiger partial charge in [0, 0.05) is 0 Å². The molecular formula is C10H15NO4S. The Bertz CT molecular complexity index is 459. The second kappa shape index (κ2) is 4.82. The third-order valence-corrected chi connectivity index (χ3v) is 3.70. The molecule has 1 aromatic rings. The van der Waals surface area contributed by atoms with Gasteiger partial charge < -0.3 is 4.74 Å². The van der Waals surface area contributed by atoms with Crippen molar-refractivity contribution in [1.82, 2.24) is 4.89 Å². The average molecular weight is 245 g/mol. The zero-order valence-electron chi connectivity index (χ0n) is 9.70. The van der Waals surface area contributed by atoms with Crippen LogP contribution >= 0.6 is 0 Å². The number of methoxy groups -OCH3 is 1. The third kappa shape index (κ3) is 2.52. The lowest BCUT2D eigenvalue weighted by atomic mass is 10.1. The summed E-state index contributed by atoms with van der Waals surface area (Å²) in [6.07, 6.45) is 0. The van der Waals surface area contributed by atoms with Crippen molar-refractivity contribution in [3.8, 4) is 5.75 Å². The summed E-state index contributed by atoms with van der Waals surface area (Å²) < 4.78 is 28.7. The number of nitrogens with one attached hydrogen (secondary N) is 1. The lowest BCUT2D eigenvalue weighted by Gasteiger charge is -2.12. The van der Waals surface area contributed by atoms with E-state index in [4.69, 9.17) is 4.74 Å². The minimum absolute atomic E-state index is 0.218. The Morgan fingerprint density at radius 3 is 2.00 bits per heavy atom. The van der Waals surface area contributed by atoms with Crippen LogP contribution in [0.25, 0.3) is 0 Å². The van der Waals surface area contributed by atoms with E-state index in [1.165, 1.54) is 14.2 Å². The van der Waals surface area contributed by atoms with Gasteiger partial charge in [-0.1, -0.05) is 4.89 Å². The van der Waals surface area contributed by atoms with E-state index in [-0.39, 0.29) is 4.90 Å². The van der Waals surface area contributed by atoms with Crippen molar-refractivity contribution in [2.24, 2.45) is 0 Å². The second-order valence-electron chi connectivity index (χ2n) is 3.38. The average Bonchev–Trinajstić information content (AvgIpc) is 2.15. The number of sulfonamides is 1. The van der Waals surface area contributed by atoms with Crippen LogP contribution in [0.15, 0.2) is 17.0 Å². The van der Waals surface area contributed by atoms with Crippen molar-refractivity contribution >= 4 is 10.0 Å². The van der Waals surface area contributed by atoms with E-state index < -0.39 is 10.0 Å². The molecule has 0 radical (unpaired) electrons. The maximum absolute atomic E-state index is 11.8. The molecule has 0 unspecified atom stereocenters. The molecule has 6 heteroatoms. The highest BCUT2D eigenvalue weighted by Crippen LogP contribution is 2.25. The summed E-state index contributed by atoms with van der Waals surface area (Å²) in [6.45, 7) is 3.42. The summed E-state index contributed by atoms with van der Waals surface area (Å²) in [5.41, 5.74) is 1.22. The molecule has 0 saturated heterocycles. The monoisotopic (exact) mass is 245 g/mol. The van der Waals surface area contributed by atoms with Crippen molar-refractivity contribution in [2.75, 3.05) is 14.2 Å². The highest BCUT2D eigenvalue weighted by Gasteiger charge is 2.20. The van der Waals surface area contributed by atoms with Gasteiger partial charge in [-0.05, 0) is 37.1 Å². The topological polar surface area (TPSA) is 64.6 Å². The summed E-state index contributed by atoms with van der Waals surface area (Å²) >= 11 is 0. The zero-order valence-corrected chi connectivity index (χ0v) is 10.5. The largest absolute Gasteiger partial charge is 0.497 e. The summed E-state index contributed by atoms with van der Waals surface area (Å²) in [5.74, 6) is 0.631. The van der Waals surface area contributed by atoms with Crippen LogP contribution in [-0.2, 0) is 14.9 Å². The van der Waals surface area contributed by atoms with Gasteiger partial charge in [-0.2, -0.15) is 0 Å². The highest BCUT2D eigenvalue weighted by molar-refractivity contribution is 7.89. The lowest BCUT2D eigenvalue weighted by Crippen LogP contribution is -2.24. The van der Waals surface area contributed by atoms with Crippen LogP contribution in [-0.4, -0.2) is 22.6 Å². The molecule has 1 N–H and O–H groups in total. The predicted octanol–water partition coefficient (Wildman–Crippen LogP) is 1.15. The molecule has 0 aliphatic heterocycles. The van der Waals surface area contributed by atoms with Crippen LogP contribution in [0.3, 0.4) is 0 Å². The highest BCUT2D eigenvalue weighted by atomic mass is 32.2. The standard InChI is InChI=1S/C10H15NO4S/c1-7-5-9(14-3)6-8(2)10(7)16(12,13)11-15-4/h5-6,11H,1-4H3. The molecule has 0 spiro atoms. The van der Waals surface area contributed by atoms with E-state index in [2.05, 4.69) is 4.84 Å². The maximum Gasteiger partial charge on any atom is 0.262 e. The van der Waals surface area contributed by atoms with Crippen LogP contribution in [0.1, 0.15) is 11.1 Å². The van der Waals surface area contributed by atoms with Gasteiger partial charge in [0.15, 0.2) is 0 Å². The third-order valence-electron chi connectivity index (χ3n) is 2.13. The van der Waals surface area contributed by atoms with Crippen molar-refractivity contribution in [1.29, 1.82) is 0 Å². The van der Waals surface area contributed by atoms with E-state index in [1.54, 1.807) is 26.0 Å². The van der Waals surface area contributed by atoms with Gasteiger partial charge in [-0.25, -0.2) is 8.42 Å². The first-order valence-electron chi connectivity index (χ1n) is 4.62. The Labute approximate surface area is 95.4 Å². The molecule has 0 atom stereocenters. The number of ether oxygens (including phenoxy) is 1. The molecule has 0 saturated carbocycles. The van der Waals surface area contributed by atoms with E-state index in [0.717, 1.165) is 0 Å². The molecule has 16 heavy (non-hydrogen) atoms. The Morgan fingerprint density at radius 2 is 1.62 bits per heavy atom. The molecule has 0 bridgehead atoms. The number of aryl methyl sites for hydroxylation is 2. The van der Waals surface area contributed by atoms with Crippen LogP contribution in [0.4, 0.5) is 0 Å². The molecule has 90 valence electrons. The van der Waals surface area contributed by atoms with Crippen LogP contribution in [0.2, 0.25) is 0 Å². The zero-order chi connectivity index (χ0) is 12.3. The van der Waals surface area contributed by atoms with E-state index >= 15 is 0 Å². The molecule has 1 aromatic carbocycles. The first-order valence-corrected chi connectivity index (χ1v) is 6.10. The van der Waals surface area contributed by atoms with Gasteiger partial charge in [0.1, 0.15) is 5.75 Å². The molecule has 0 heterocycles. The fourth-order valence-electron chi connectivity index (χ4n) is 1.60. The number of rotatable bonds is 4. The number of benzene rings is 1. The Morgan fingerprint density at radius 1 is 1.12 bits per heavy atom. The van der Waals surface area contributed by atoms with Gasteiger partial charge in [0.25, 0.3) is 10.0 Å². The van der Waals surface area contributed by atoms with E-state index in [0.29, 0.717) is 16.9 Å². The molecule has 0 amide bonds. The molecule has 0 fully saturated rings. The first-order chi connectivity index (χ1) is 7.42. The van der Waals surface area contributed by atoms with Crippen molar-refractivity contribution in [2.45, 2.75) is 18.7 Å². The summed E-state index contributed by atoms with van der Waals surface area (Å²) in [7, 11) is -0.831. The van der Waals surface area contributed by atoms with Gasteiger partial charge in [-0.15, -0.1) is 0 Å². The van der Waals surface area contributed by atoms with Gasteiger partial charge >= 0.3 is 0 Å². The minimum Gasteiger partial charge on any atom is -0.497 e. The van der Waals surface area contributed by atoms with Crippen LogP contribution in [0.5, 0.6) is 5.75 Å². The summed E-state index contributed by atoms with van der Waals surface area (Å²) in [4.78, 5) is 6.66. The molecule has 0 aliphatic rings. The van der Waals surface area contributed by atoms with Gasteiger partial charge in [0.05, 0.1) is 19.1 Å². The number of hydrogen-bond acceptors (Lipinski definition) is 4. The second-order valence-corrected chi connectivity index (χ2v) is 4.96. The Hall–Kier alpha value is -1.11. The predicted molar refractivity (Wildman–Crippen MR) is 59.8 cm³/mol. The Kier molecular flexibility index (Phi) is 3.90. The smallest absolute Gasteiger partial charge is 0.262 e. The summed E-state index contributed by atoms with van der Waals surface area (Å²) in [5, 5.41) is 0. The molecule has 1 rings (SSSR count). The molecule has 0 aliphatic carbocycles. The van der Waals surface area contributed by atoms with Crippen molar-refractivity contribution < 1.29 is 18.0 Å². The van der Waals surface area contributed by atoms with Crippen LogP contribution < -0.4 is 9.62 Å². The number of hydrogen-bond donors (Lipinski definition) is 1. The van der Waals surface area contributed by atoms with Crippen molar-refractivity contribution in [3.63, 3.8) is 0 Å². The SMILES string of the molecule is CONS(=O)(=O)c1c(C)cc(OC)cc1C. The van der Waals surface area contributed by atoms with Crippen molar-refractivity contribution in [3.05, 3.63) is 23.3 Å². The minimum atomic E-state index is -3.62. The van der Waals surface area contributed by atoms with E-state index in [9.17, 15) is 8.42 Å². The quantitative estimate of drug-likeness (QED) is 0.808. The maximum atomic E-state index is 11.8. The molecule has 5 nitrogen and oxygen atoms in total. The molecule has 0 aromatic heterocycles. The van der Waals surface area contributed by atoms with Gasteiger partial charge in [0.2, 0.25) is 0 Å². The Balaban J connectivity index is 3.36. The normalized spacial score (nSPS) is 11.5. The van der Waals surface area contributed by atoms with E-state index in [1.807, 2.05) is 4.89 Å². The van der Waals surface area contributed by atoms with Gasteiger partial charge in [-0.3, -0.25) is 4.84 Å².